The van der Waals surface area contributed by atoms with E-state index in [4.69, 9.17) is 23.2 Å². The van der Waals surface area contributed by atoms with Crippen molar-refractivity contribution >= 4 is 28.9 Å². The van der Waals surface area contributed by atoms with Gasteiger partial charge in [-0.1, -0.05) is 23.2 Å². The zero-order valence-electron chi connectivity index (χ0n) is 11.7. The van der Waals surface area contributed by atoms with Gasteiger partial charge >= 0.3 is 6.61 Å². The lowest BCUT2D eigenvalue weighted by molar-refractivity contribution is -0.0497. The lowest BCUT2D eigenvalue weighted by atomic mass is 9.97. The van der Waals surface area contributed by atoms with Crippen LogP contribution in [0.4, 0.5) is 14.5 Å². The number of benzene rings is 1. The molecule has 0 aliphatic carbocycles. The molecule has 1 aromatic rings. The first-order chi connectivity index (χ1) is 9.95. The van der Waals surface area contributed by atoms with Gasteiger partial charge in [-0.2, -0.15) is 8.78 Å². The van der Waals surface area contributed by atoms with Crippen LogP contribution in [0.15, 0.2) is 12.1 Å². The Morgan fingerprint density at radius 3 is 2.38 bits per heavy atom. The average Bonchev–Trinajstić information content (AvgIpc) is 2.42. The molecule has 0 spiro atoms. The average molecular weight is 339 g/mol. The van der Waals surface area contributed by atoms with Crippen molar-refractivity contribution in [3.63, 3.8) is 0 Å². The predicted octanol–water partition coefficient (Wildman–Crippen LogP) is 4.35. The standard InChI is InChI=1S/C14H18Cl2F2N2O/c1-20-4-2-9(3-5-20)8-19-10-6-11(15)13(12(16)7-10)21-14(17)18/h6-7,9,14,19H,2-5,8H2,1H3. The second-order valence-electron chi connectivity index (χ2n) is 5.28. The van der Waals surface area contributed by atoms with Gasteiger partial charge in [-0.3, -0.25) is 0 Å². The van der Waals surface area contributed by atoms with Crippen molar-refractivity contribution in [1.29, 1.82) is 0 Å². The van der Waals surface area contributed by atoms with E-state index in [1.54, 1.807) is 12.1 Å². The summed E-state index contributed by atoms with van der Waals surface area (Å²) in [7, 11) is 2.12. The number of nitrogens with one attached hydrogen (secondary N) is 1. The second-order valence-corrected chi connectivity index (χ2v) is 6.09. The molecule has 118 valence electrons. The summed E-state index contributed by atoms with van der Waals surface area (Å²) in [5.74, 6) is 0.411. The van der Waals surface area contributed by atoms with Crippen LogP contribution in [0.3, 0.4) is 0 Å². The van der Waals surface area contributed by atoms with Gasteiger partial charge in [0.15, 0.2) is 5.75 Å². The predicted molar refractivity (Wildman–Crippen MR) is 81.8 cm³/mol. The van der Waals surface area contributed by atoms with Crippen molar-refractivity contribution in [3.05, 3.63) is 22.2 Å². The lowest BCUT2D eigenvalue weighted by Gasteiger charge is -2.29. The van der Waals surface area contributed by atoms with E-state index in [1.807, 2.05) is 0 Å². The highest BCUT2D eigenvalue weighted by molar-refractivity contribution is 6.37. The van der Waals surface area contributed by atoms with Gasteiger partial charge < -0.3 is 15.0 Å². The van der Waals surface area contributed by atoms with Crippen LogP contribution >= 0.6 is 23.2 Å². The number of hydrogen-bond donors (Lipinski definition) is 1. The monoisotopic (exact) mass is 338 g/mol. The molecule has 3 nitrogen and oxygen atoms in total. The summed E-state index contributed by atoms with van der Waals surface area (Å²) in [6, 6.07) is 3.11. The van der Waals surface area contributed by atoms with Gasteiger partial charge in [0.25, 0.3) is 0 Å². The number of hydrogen-bond acceptors (Lipinski definition) is 3. The molecule has 2 rings (SSSR count). The van der Waals surface area contributed by atoms with E-state index in [0.717, 1.165) is 32.5 Å². The van der Waals surface area contributed by atoms with Crippen LogP contribution in [-0.2, 0) is 0 Å². The Bertz CT molecular complexity index is 457. The van der Waals surface area contributed by atoms with Gasteiger partial charge in [-0.25, -0.2) is 0 Å². The smallest absolute Gasteiger partial charge is 0.387 e. The van der Waals surface area contributed by atoms with Crippen LogP contribution in [-0.4, -0.2) is 38.2 Å². The first-order valence-corrected chi connectivity index (χ1v) is 7.57. The second kappa shape index (κ2) is 7.47. The van der Waals surface area contributed by atoms with Gasteiger partial charge in [-0.05, 0) is 51.0 Å². The Morgan fingerprint density at radius 1 is 1.29 bits per heavy atom. The van der Waals surface area contributed by atoms with Crippen molar-refractivity contribution in [2.75, 3.05) is 32.0 Å². The van der Waals surface area contributed by atoms with Crippen molar-refractivity contribution in [2.45, 2.75) is 19.5 Å². The minimum absolute atomic E-state index is 0.0775. The van der Waals surface area contributed by atoms with Crippen LogP contribution in [0.5, 0.6) is 5.75 Å². The minimum atomic E-state index is -2.95. The van der Waals surface area contributed by atoms with Crippen molar-refractivity contribution < 1.29 is 13.5 Å². The summed E-state index contributed by atoms with van der Waals surface area (Å²) in [5.41, 5.74) is 0.713. The molecule has 1 aromatic carbocycles. The third-order valence-corrected chi connectivity index (χ3v) is 4.20. The minimum Gasteiger partial charge on any atom is -0.432 e. The van der Waals surface area contributed by atoms with Crippen LogP contribution in [0.2, 0.25) is 10.0 Å². The largest absolute Gasteiger partial charge is 0.432 e. The van der Waals surface area contributed by atoms with Gasteiger partial charge in [0.2, 0.25) is 0 Å². The van der Waals surface area contributed by atoms with E-state index in [0.29, 0.717) is 11.6 Å². The highest BCUT2D eigenvalue weighted by Crippen LogP contribution is 2.37. The van der Waals surface area contributed by atoms with Gasteiger partial charge in [0, 0.05) is 12.2 Å². The Labute approximate surface area is 133 Å². The fraction of sp³-hybridized carbons (Fsp3) is 0.571. The first-order valence-electron chi connectivity index (χ1n) is 6.82. The number of anilines is 1. The first kappa shape index (κ1) is 16.6. The summed E-state index contributed by atoms with van der Waals surface area (Å²) in [4.78, 5) is 2.31. The SMILES string of the molecule is CN1CCC(CNc2cc(Cl)c(OC(F)F)c(Cl)c2)CC1. The number of likely N-dealkylation sites (tertiary alicyclic amines) is 1. The Kier molecular flexibility index (Phi) is 5.90. The van der Waals surface area contributed by atoms with Crippen molar-refractivity contribution in [2.24, 2.45) is 5.92 Å². The molecule has 0 amide bonds. The summed E-state index contributed by atoms with van der Waals surface area (Å²) in [6.45, 7) is 0.0533. The molecule has 0 bridgehead atoms. The molecule has 21 heavy (non-hydrogen) atoms. The van der Waals surface area contributed by atoms with E-state index in [9.17, 15) is 8.78 Å². The molecule has 1 aliphatic heterocycles. The van der Waals surface area contributed by atoms with E-state index < -0.39 is 6.61 Å². The Balaban J connectivity index is 1.95. The molecule has 1 saturated heterocycles. The number of rotatable bonds is 5. The zero-order chi connectivity index (χ0) is 15.4. The van der Waals surface area contributed by atoms with Crippen LogP contribution < -0.4 is 10.1 Å². The van der Waals surface area contributed by atoms with Crippen LogP contribution in [0, 0.1) is 5.92 Å². The molecule has 1 heterocycles. The molecule has 0 radical (unpaired) electrons. The molecular formula is C14H18Cl2F2N2O. The quantitative estimate of drug-likeness (QED) is 0.863. The van der Waals surface area contributed by atoms with E-state index >= 15 is 0 Å². The molecule has 0 aromatic heterocycles. The number of halogens is 4. The number of alkyl halides is 2. The maximum atomic E-state index is 12.2. The lowest BCUT2D eigenvalue weighted by Crippen LogP contribution is -2.32. The summed E-state index contributed by atoms with van der Waals surface area (Å²) in [5, 5.41) is 3.42. The topological polar surface area (TPSA) is 24.5 Å². The van der Waals surface area contributed by atoms with Crippen LogP contribution in [0.1, 0.15) is 12.8 Å². The highest BCUT2D eigenvalue weighted by Gasteiger charge is 2.17. The molecule has 0 saturated carbocycles. The molecule has 1 N–H and O–H groups in total. The Hall–Kier alpha value is -0.780. The maximum Gasteiger partial charge on any atom is 0.387 e. The maximum absolute atomic E-state index is 12.2. The highest BCUT2D eigenvalue weighted by atomic mass is 35.5. The third kappa shape index (κ3) is 4.87. The van der Waals surface area contributed by atoms with Gasteiger partial charge in [0.05, 0.1) is 10.0 Å². The van der Waals surface area contributed by atoms with E-state index in [2.05, 4.69) is 22.0 Å². The summed E-state index contributed by atoms with van der Waals surface area (Å²) in [6.07, 6.45) is 2.27. The van der Waals surface area contributed by atoms with Gasteiger partial charge in [-0.15, -0.1) is 0 Å². The Morgan fingerprint density at radius 2 is 1.86 bits per heavy atom. The van der Waals surface area contributed by atoms with Crippen LogP contribution in [0.25, 0.3) is 0 Å². The molecule has 0 atom stereocenters. The molecule has 1 aliphatic rings. The normalized spacial score (nSPS) is 17.2. The molecular weight excluding hydrogens is 321 g/mol. The fourth-order valence-electron chi connectivity index (χ4n) is 2.39. The van der Waals surface area contributed by atoms with Crippen molar-refractivity contribution in [1.82, 2.24) is 4.90 Å². The van der Waals surface area contributed by atoms with E-state index in [1.165, 1.54) is 0 Å². The number of nitrogens with zero attached hydrogens (tertiary/aromatic N) is 1. The summed E-state index contributed by atoms with van der Waals surface area (Å²) >= 11 is 11.9. The molecule has 7 heteroatoms. The van der Waals surface area contributed by atoms with Gasteiger partial charge in [0.1, 0.15) is 0 Å². The molecule has 0 unspecified atom stereocenters. The third-order valence-electron chi connectivity index (χ3n) is 3.64. The summed E-state index contributed by atoms with van der Waals surface area (Å²) < 4.78 is 28.8. The molecule has 1 fully saturated rings. The number of ether oxygens (including phenoxy) is 1. The van der Waals surface area contributed by atoms with E-state index in [-0.39, 0.29) is 15.8 Å². The van der Waals surface area contributed by atoms with Crippen molar-refractivity contribution in [3.8, 4) is 5.75 Å². The zero-order valence-corrected chi connectivity index (χ0v) is 13.2. The fourth-order valence-corrected chi connectivity index (χ4v) is 2.97. The number of piperidine rings is 1.